The number of aliphatic hydroxyl groups excluding tert-OH is 1. The molecule has 2 saturated heterocycles. The van der Waals surface area contributed by atoms with Gasteiger partial charge in [-0.3, -0.25) is 0 Å². The van der Waals surface area contributed by atoms with Crippen molar-refractivity contribution in [1.82, 2.24) is 9.80 Å². The fraction of sp³-hybridized carbons (Fsp3) is 1.00. The van der Waals surface area contributed by atoms with Gasteiger partial charge in [0.1, 0.15) is 6.17 Å². The van der Waals surface area contributed by atoms with Crippen molar-refractivity contribution >= 4 is 0 Å². The van der Waals surface area contributed by atoms with E-state index >= 15 is 0 Å². The van der Waals surface area contributed by atoms with E-state index in [1.165, 1.54) is 25.7 Å². The number of hydrogen-bond donors (Lipinski definition) is 1. The highest BCUT2D eigenvalue weighted by Crippen LogP contribution is 2.31. The first-order chi connectivity index (χ1) is 15.6. The van der Waals surface area contributed by atoms with Gasteiger partial charge in [-0.25, -0.2) is 4.39 Å². The van der Waals surface area contributed by atoms with Crippen molar-refractivity contribution in [2.45, 2.75) is 95.1 Å². The summed E-state index contributed by atoms with van der Waals surface area (Å²) in [5.41, 5.74) is 0. The zero-order chi connectivity index (χ0) is 22.3. The van der Waals surface area contributed by atoms with Crippen molar-refractivity contribution < 1.29 is 19.0 Å². The van der Waals surface area contributed by atoms with E-state index in [-0.39, 0.29) is 24.0 Å². The van der Waals surface area contributed by atoms with Gasteiger partial charge in [0, 0.05) is 51.7 Å². The van der Waals surface area contributed by atoms with Gasteiger partial charge in [-0.2, -0.15) is 0 Å². The maximum atomic E-state index is 14.3. The Kier molecular flexibility index (Phi) is 9.66. The van der Waals surface area contributed by atoms with E-state index in [0.29, 0.717) is 12.0 Å². The lowest BCUT2D eigenvalue weighted by Gasteiger charge is -2.41. The first-order valence-electron chi connectivity index (χ1n) is 13.5. The average Bonchev–Trinajstić information content (AvgIpc) is 3.31. The Balaban J connectivity index is 1.29. The maximum absolute atomic E-state index is 14.3. The van der Waals surface area contributed by atoms with E-state index in [2.05, 4.69) is 9.80 Å². The lowest BCUT2D eigenvalue weighted by atomic mass is 9.83. The molecule has 0 amide bonds. The van der Waals surface area contributed by atoms with Gasteiger partial charge in [-0.15, -0.1) is 0 Å². The molecule has 0 aromatic carbocycles. The average molecular weight is 455 g/mol. The first kappa shape index (κ1) is 24.8. The Morgan fingerprint density at radius 1 is 0.938 bits per heavy atom. The predicted octanol–water partition coefficient (Wildman–Crippen LogP) is 3.88. The molecule has 4 aliphatic rings. The number of hydrogen-bond acceptors (Lipinski definition) is 5. The number of rotatable bonds is 9. The summed E-state index contributed by atoms with van der Waals surface area (Å²) >= 11 is 0. The van der Waals surface area contributed by atoms with Crippen LogP contribution in [0.5, 0.6) is 0 Å². The van der Waals surface area contributed by atoms with Crippen molar-refractivity contribution in [3.05, 3.63) is 0 Å². The second-order valence-electron chi connectivity index (χ2n) is 11.1. The van der Waals surface area contributed by atoms with E-state index in [4.69, 9.17) is 9.47 Å². The summed E-state index contributed by atoms with van der Waals surface area (Å²) in [6, 6.07) is 0. The lowest BCUT2D eigenvalue weighted by Crippen LogP contribution is -2.49. The predicted molar refractivity (Wildman–Crippen MR) is 126 cm³/mol. The van der Waals surface area contributed by atoms with Gasteiger partial charge in [0.05, 0.1) is 18.3 Å². The summed E-state index contributed by atoms with van der Waals surface area (Å²) in [5.74, 6) is 1.14. The first-order valence-corrected chi connectivity index (χ1v) is 13.5. The molecular weight excluding hydrogens is 407 g/mol. The maximum Gasteiger partial charge on any atom is 0.104 e. The third-order valence-electron chi connectivity index (χ3n) is 8.75. The van der Waals surface area contributed by atoms with Crippen molar-refractivity contribution in [3.8, 4) is 0 Å². The molecule has 6 heteroatoms. The minimum atomic E-state index is -0.584. The summed E-state index contributed by atoms with van der Waals surface area (Å²) in [5, 5.41) is 10.7. The number of piperidine rings is 1. The van der Waals surface area contributed by atoms with Gasteiger partial charge in [0.2, 0.25) is 0 Å². The van der Waals surface area contributed by atoms with Crippen molar-refractivity contribution in [2.75, 3.05) is 53.0 Å². The Morgan fingerprint density at radius 2 is 1.75 bits per heavy atom. The highest BCUT2D eigenvalue weighted by Gasteiger charge is 2.35. The zero-order valence-corrected chi connectivity index (χ0v) is 20.3. The highest BCUT2D eigenvalue weighted by molar-refractivity contribution is 4.88. The van der Waals surface area contributed by atoms with Crippen LogP contribution in [0.1, 0.15) is 70.6 Å². The Bertz CT molecular complexity index is 539. The van der Waals surface area contributed by atoms with Crippen LogP contribution < -0.4 is 0 Å². The van der Waals surface area contributed by atoms with Crippen LogP contribution in [-0.2, 0) is 9.47 Å². The van der Waals surface area contributed by atoms with Crippen LogP contribution in [0, 0.1) is 17.8 Å². The van der Waals surface area contributed by atoms with Gasteiger partial charge in [0.15, 0.2) is 0 Å². The van der Waals surface area contributed by atoms with Gasteiger partial charge in [-0.1, -0.05) is 12.8 Å². The monoisotopic (exact) mass is 454 g/mol. The van der Waals surface area contributed by atoms with Crippen LogP contribution in [0.15, 0.2) is 0 Å². The molecule has 1 N–H and O–H groups in total. The molecule has 0 spiro atoms. The number of likely N-dealkylation sites (tertiary alicyclic amines) is 1. The van der Waals surface area contributed by atoms with Crippen LogP contribution in [-0.4, -0.2) is 92.4 Å². The second-order valence-corrected chi connectivity index (χ2v) is 11.1. The third-order valence-corrected chi connectivity index (χ3v) is 8.75. The summed E-state index contributed by atoms with van der Waals surface area (Å²) in [7, 11) is 1.80. The van der Waals surface area contributed by atoms with E-state index in [0.717, 1.165) is 90.8 Å². The zero-order valence-electron chi connectivity index (χ0n) is 20.3. The molecule has 0 bridgehead atoms. The molecule has 186 valence electrons. The van der Waals surface area contributed by atoms with Gasteiger partial charge < -0.3 is 24.4 Å². The smallest absolute Gasteiger partial charge is 0.104 e. The van der Waals surface area contributed by atoms with Crippen LogP contribution in [0.4, 0.5) is 4.39 Å². The Morgan fingerprint density at radius 3 is 2.47 bits per heavy atom. The van der Waals surface area contributed by atoms with Crippen molar-refractivity contribution in [3.63, 3.8) is 0 Å². The molecule has 32 heavy (non-hydrogen) atoms. The topological polar surface area (TPSA) is 45.2 Å². The summed E-state index contributed by atoms with van der Waals surface area (Å²) in [6.45, 7) is 7.03. The summed E-state index contributed by atoms with van der Waals surface area (Å²) in [4.78, 5) is 5.11. The standard InChI is InChI=1S/C26H47FN2O3/c1-31-26-10-4-9-25(30)23(26)19-29(18-22-7-5-15-32-22)16-20-11-13-28(14-12-20)17-21-6-2-3-8-24(21)27/h20-26,30H,2-19H2,1H3. The lowest BCUT2D eigenvalue weighted by molar-refractivity contribution is -0.0638. The SMILES string of the molecule is COC1CCCC(O)C1CN(CC1CCN(CC2CCCCC2F)CC1)CC1CCCO1. The summed E-state index contributed by atoms with van der Waals surface area (Å²) < 4.78 is 26.0. The number of aliphatic hydroxyl groups is 1. The molecule has 2 aliphatic heterocycles. The van der Waals surface area contributed by atoms with Gasteiger partial charge >= 0.3 is 0 Å². The van der Waals surface area contributed by atoms with Crippen molar-refractivity contribution in [2.24, 2.45) is 17.8 Å². The molecule has 6 unspecified atom stereocenters. The molecule has 2 saturated carbocycles. The second kappa shape index (κ2) is 12.4. The van der Waals surface area contributed by atoms with E-state index in [1.807, 2.05) is 0 Å². The molecule has 2 heterocycles. The van der Waals surface area contributed by atoms with E-state index in [1.54, 1.807) is 7.11 Å². The normalized spacial score (nSPS) is 37.9. The van der Waals surface area contributed by atoms with Crippen LogP contribution in [0.3, 0.4) is 0 Å². The van der Waals surface area contributed by atoms with Crippen LogP contribution in [0.2, 0.25) is 0 Å². The van der Waals surface area contributed by atoms with Crippen LogP contribution in [0.25, 0.3) is 0 Å². The fourth-order valence-corrected chi connectivity index (χ4v) is 6.75. The number of nitrogens with zero attached hydrogens (tertiary/aromatic N) is 2. The van der Waals surface area contributed by atoms with Gasteiger partial charge in [-0.05, 0) is 76.8 Å². The minimum Gasteiger partial charge on any atom is -0.393 e. The quantitative estimate of drug-likeness (QED) is 0.573. The number of halogens is 1. The molecule has 0 radical (unpaired) electrons. The van der Waals surface area contributed by atoms with Crippen LogP contribution >= 0.6 is 0 Å². The Hall–Kier alpha value is -0.270. The molecule has 5 nitrogen and oxygen atoms in total. The number of methoxy groups -OCH3 is 1. The highest BCUT2D eigenvalue weighted by atomic mass is 19.1. The molecule has 6 atom stereocenters. The molecule has 2 aliphatic carbocycles. The van der Waals surface area contributed by atoms with Crippen molar-refractivity contribution in [1.29, 1.82) is 0 Å². The number of ether oxygens (including phenoxy) is 2. The summed E-state index contributed by atoms with van der Waals surface area (Å²) in [6.07, 6.45) is 11.5. The molecule has 0 aromatic rings. The minimum absolute atomic E-state index is 0.164. The largest absolute Gasteiger partial charge is 0.393 e. The fourth-order valence-electron chi connectivity index (χ4n) is 6.75. The molecule has 4 rings (SSSR count). The van der Waals surface area contributed by atoms with E-state index in [9.17, 15) is 9.50 Å². The van der Waals surface area contributed by atoms with E-state index < -0.39 is 6.17 Å². The molecule has 0 aromatic heterocycles. The molecular formula is C26H47FN2O3. The Labute approximate surface area is 195 Å². The number of alkyl halides is 1. The third kappa shape index (κ3) is 6.88. The van der Waals surface area contributed by atoms with Gasteiger partial charge in [0.25, 0.3) is 0 Å². The molecule has 4 fully saturated rings.